The van der Waals surface area contributed by atoms with Crippen LogP contribution in [0.25, 0.3) is 0 Å². The van der Waals surface area contributed by atoms with E-state index in [9.17, 15) is 4.79 Å². The first-order valence-corrected chi connectivity index (χ1v) is 9.71. The zero-order valence-corrected chi connectivity index (χ0v) is 18.9. The molecule has 0 bridgehead atoms. The molecule has 0 aromatic heterocycles. The molecule has 0 aromatic rings. The van der Waals surface area contributed by atoms with Crippen molar-refractivity contribution in [1.82, 2.24) is 20.0 Å². The minimum Gasteiger partial charge on any atom is -0.378 e. The first kappa shape index (κ1) is 23.4. The van der Waals surface area contributed by atoms with Crippen molar-refractivity contribution in [3.63, 3.8) is 0 Å². The number of rotatable bonds is 6. The van der Waals surface area contributed by atoms with Crippen LogP contribution in [-0.2, 0) is 9.53 Å². The molecular weight excluding hydrogens is 445 g/mol. The van der Waals surface area contributed by atoms with Gasteiger partial charge in [0.1, 0.15) is 0 Å². The largest absolute Gasteiger partial charge is 0.378 e. The fourth-order valence-electron chi connectivity index (χ4n) is 3.37. The summed E-state index contributed by atoms with van der Waals surface area (Å²) in [7, 11) is 1.85. The van der Waals surface area contributed by atoms with E-state index >= 15 is 0 Å². The summed E-state index contributed by atoms with van der Waals surface area (Å²) in [5.74, 6) is 1.92. The molecule has 26 heavy (non-hydrogen) atoms. The van der Waals surface area contributed by atoms with E-state index in [4.69, 9.17) is 4.74 Å². The maximum absolute atomic E-state index is 12.4. The van der Waals surface area contributed by atoms with Crippen LogP contribution in [0.1, 0.15) is 26.7 Å². The Hall–Kier alpha value is -0.610. The highest BCUT2D eigenvalue weighted by molar-refractivity contribution is 14.0. The predicted molar refractivity (Wildman–Crippen MR) is 116 cm³/mol. The van der Waals surface area contributed by atoms with Crippen molar-refractivity contribution in [2.75, 3.05) is 72.6 Å². The molecule has 2 rings (SSSR count). The number of halogens is 1. The van der Waals surface area contributed by atoms with Gasteiger partial charge in [-0.15, -0.1) is 24.0 Å². The number of guanidine groups is 1. The number of piperazine rings is 1. The number of nitrogens with one attached hydrogen (secondary N) is 1. The molecule has 1 N–H and O–H groups in total. The van der Waals surface area contributed by atoms with E-state index in [1.54, 1.807) is 0 Å². The minimum absolute atomic E-state index is 0. The summed E-state index contributed by atoms with van der Waals surface area (Å²) in [6.07, 6.45) is 2.38. The molecule has 7 nitrogen and oxygen atoms in total. The molecule has 152 valence electrons. The standard InChI is InChI=1S/C18H35N5O2.HI/c1-4-16(5-2)14-20-18(19-3)23-8-6-21(7-9-23)15-17(24)22-10-12-25-13-11-22;/h16H,4-15H2,1-3H3,(H,19,20);1H. The lowest BCUT2D eigenvalue weighted by atomic mass is 10.0. The Kier molecular flexibility index (Phi) is 11.5. The summed E-state index contributed by atoms with van der Waals surface area (Å²) in [5, 5.41) is 3.52. The van der Waals surface area contributed by atoms with Gasteiger partial charge in [0, 0.05) is 52.9 Å². The van der Waals surface area contributed by atoms with E-state index in [0.29, 0.717) is 25.7 Å². The Morgan fingerprint density at radius 3 is 2.19 bits per heavy atom. The van der Waals surface area contributed by atoms with Gasteiger partial charge in [0.05, 0.1) is 19.8 Å². The summed E-state index contributed by atoms with van der Waals surface area (Å²) in [5.41, 5.74) is 0. The Balaban J connectivity index is 0.00000338. The Bertz CT molecular complexity index is 431. The smallest absolute Gasteiger partial charge is 0.236 e. The van der Waals surface area contributed by atoms with Gasteiger partial charge in [0.15, 0.2) is 5.96 Å². The Morgan fingerprint density at radius 2 is 1.65 bits per heavy atom. The van der Waals surface area contributed by atoms with Crippen molar-refractivity contribution in [1.29, 1.82) is 0 Å². The molecule has 2 aliphatic rings. The molecule has 0 saturated carbocycles. The van der Waals surface area contributed by atoms with E-state index in [-0.39, 0.29) is 29.9 Å². The molecule has 8 heteroatoms. The zero-order valence-electron chi connectivity index (χ0n) is 16.6. The van der Waals surface area contributed by atoms with Crippen LogP contribution in [0.15, 0.2) is 4.99 Å². The number of hydrogen-bond acceptors (Lipinski definition) is 4. The van der Waals surface area contributed by atoms with Crippen molar-refractivity contribution < 1.29 is 9.53 Å². The minimum atomic E-state index is 0. The third-order valence-electron chi connectivity index (χ3n) is 5.31. The lowest BCUT2D eigenvalue weighted by Gasteiger charge is -2.37. The first-order chi connectivity index (χ1) is 12.2. The highest BCUT2D eigenvalue weighted by Crippen LogP contribution is 2.07. The summed E-state index contributed by atoms with van der Waals surface area (Å²) >= 11 is 0. The number of carbonyl (C=O) groups excluding carboxylic acids is 1. The van der Waals surface area contributed by atoms with Crippen LogP contribution < -0.4 is 5.32 Å². The average molecular weight is 481 g/mol. The topological polar surface area (TPSA) is 60.4 Å². The molecule has 2 heterocycles. The van der Waals surface area contributed by atoms with Crippen LogP contribution in [-0.4, -0.2) is 99.2 Å². The van der Waals surface area contributed by atoms with Crippen LogP contribution in [0.3, 0.4) is 0 Å². The van der Waals surface area contributed by atoms with Crippen LogP contribution in [0.2, 0.25) is 0 Å². The lowest BCUT2D eigenvalue weighted by molar-refractivity contribution is -0.136. The molecule has 1 amide bonds. The van der Waals surface area contributed by atoms with Crippen molar-refractivity contribution in [3.05, 3.63) is 0 Å². The van der Waals surface area contributed by atoms with E-state index in [0.717, 1.165) is 51.8 Å². The van der Waals surface area contributed by atoms with E-state index < -0.39 is 0 Å². The summed E-state index contributed by atoms with van der Waals surface area (Å²) in [6.45, 7) is 12.4. The second kappa shape index (κ2) is 12.7. The Morgan fingerprint density at radius 1 is 1.04 bits per heavy atom. The molecule has 0 spiro atoms. The highest BCUT2D eigenvalue weighted by Gasteiger charge is 2.24. The first-order valence-electron chi connectivity index (χ1n) is 9.71. The summed E-state index contributed by atoms with van der Waals surface area (Å²) < 4.78 is 5.31. The van der Waals surface area contributed by atoms with E-state index in [1.807, 2.05) is 11.9 Å². The molecule has 0 atom stereocenters. The highest BCUT2D eigenvalue weighted by atomic mass is 127. The number of nitrogens with zero attached hydrogens (tertiary/aromatic N) is 4. The van der Waals surface area contributed by atoms with Crippen LogP contribution in [0.4, 0.5) is 0 Å². The molecular formula is C18H36IN5O2. The molecule has 2 fully saturated rings. The zero-order chi connectivity index (χ0) is 18.1. The van der Waals surface area contributed by atoms with Crippen molar-refractivity contribution in [2.45, 2.75) is 26.7 Å². The SMILES string of the molecule is CCC(CC)CNC(=NC)N1CCN(CC(=O)N2CCOCC2)CC1.I. The second-order valence-corrected chi connectivity index (χ2v) is 6.87. The van der Waals surface area contributed by atoms with Gasteiger partial charge in [-0.2, -0.15) is 0 Å². The van der Waals surface area contributed by atoms with Crippen LogP contribution in [0.5, 0.6) is 0 Å². The molecule has 0 aliphatic carbocycles. The maximum atomic E-state index is 12.4. The van der Waals surface area contributed by atoms with E-state index in [2.05, 4.69) is 34.0 Å². The van der Waals surface area contributed by atoms with Gasteiger partial charge in [0.25, 0.3) is 0 Å². The van der Waals surface area contributed by atoms with Gasteiger partial charge in [-0.3, -0.25) is 14.7 Å². The molecule has 2 saturated heterocycles. The predicted octanol–water partition coefficient (Wildman–Crippen LogP) is 1.09. The number of ether oxygens (including phenoxy) is 1. The monoisotopic (exact) mass is 481 g/mol. The number of carbonyl (C=O) groups is 1. The summed E-state index contributed by atoms with van der Waals surface area (Å²) in [6, 6.07) is 0. The van der Waals surface area contributed by atoms with Gasteiger partial charge in [-0.25, -0.2) is 0 Å². The lowest BCUT2D eigenvalue weighted by Crippen LogP contribution is -2.55. The fourth-order valence-corrected chi connectivity index (χ4v) is 3.37. The molecule has 0 unspecified atom stereocenters. The van der Waals surface area contributed by atoms with Crippen LogP contribution in [0, 0.1) is 5.92 Å². The van der Waals surface area contributed by atoms with Crippen molar-refractivity contribution >= 4 is 35.8 Å². The molecule has 2 aliphatic heterocycles. The Labute approximate surface area is 175 Å². The number of hydrogen-bond donors (Lipinski definition) is 1. The van der Waals surface area contributed by atoms with Gasteiger partial charge in [0.2, 0.25) is 5.91 Å². The number of aliphatic imine (C=N–C) groups is 1. The van der Waals surface area contributed by atoms with Crippen molar-refractivity contribution in [2.24, 2.45) is 10.9 Å². The van der Waals surface area contributed by atoms with Gasteiger partial charge in [-0.05, 0) is 5.92 Å². The van der Waals surface area contributed by atoms with Crippen molar-refractivity contribution in [3.8, 4) is 0 Å². The summed E-state index contributed by atoms with van der Waals surface area (Å²) in [4.78, 5) is 23.3. The third kappa shape index (κ3) is 7.19. The van der Waals surface area contributed by atoms with Gasteiger partial charge < -0.3 is 19.9 Å². The van der Waals surface area contributed by atoms with Crippen LogP contribution >= 0.6 is 24.0 Å². The average Bonchev–Trinajstić information content (AvgIpc) is 2.67. The maximum Gasteiger partial charge on any atom is 0.236 e. The quantitative estimate of drug-likeness (QED) is 0.350. The third-order valence-corrected chi connectivity index (χ3v) is 5.31. The molecule has 0 aromatic carbocycles. The molecule has 0 radical (unpaired) electrons. The van der Waals surface area contributed by atoms with E-state index in [1.165, 1.54) is 12.8 Å². The van der Waals surface area contributed by atoms with Gasteiger partial charge in [-0.1, -0.05) is 26.7 Å². The van der Waals surface area contributed by atoms with Gasteiger partial charge >= 0.3 is 0 Å². The number of morpholine rings is 1. The number of amides is 1. The fraction of sp³-hybridized carbons (Fsp3) is 0.889. The second-order valence-electron chi connectivity index (χ2n) is 6.87. The normalized spacial score (nSPS) is 19.5.